The third kappa shape index (κ3) is 12.2. The Balaban J connectivity index is 0.000000545. The summed E-state index contributed by atoms with van der Waals surface area (Å²) in [5.41, 5.74) is 3.60. The topological polar surface area (TPSA) is 115 Å². The molecule has 0 amide bonds. The fourth-order valence-electron chi connectivity index (χ4n) is 2.84. The number of benzene rings is 2. The van der Waals surface area contributed by atoms with Crippen LogP contribution in [0.4, 0.5) is 0 Å². The number of nitriles is 2. The number of ether oxygens (including phenoxy) is 3. The molecule has 37 heavy (non-hydrogen) atoms. The fourth-order valence-corrected chi connectivity index (χ4v) is 3.27. The molecule has 1 aliphatic rings. The van der Waals surface area contributed by atoms with E-state index in [1.54, 1.807) is 19.9 Å². The molecule has 9 heteroatoms. The number of rotatable bonds is 7. The molecule has 0 unspecified atom stereocenters. The number of esters is 1. The zero-order valence-electron chi connectivity index (χ0n) is 21.5. The predicted molar refractivity (Wildman–Crippen MR) is 139 cm³/mol. The van der Waals surface area contributed by atoms with Crippen LogP contribution in [-0.4, -0.2) is 25.8 Å². The van der Waals surface area contributed by atoms with Crippen LogP contribution < -0.4 is 34.7 Å². The van der Waals surface area contributed by atoms with E-state index in [-0.39, 0.29) is 41.5 Å². The minimum atomic E-state index is -0.375. The molecule has 0 radical (unpaired) electrons. The van der Waals surface area contributed by atoms with Gasteiger partial charge in [0, 0.05) is 15.6 Å². The van der Waals surface area contributed by atoms with Gasteiger partial charge in [-0.15, -0.1) is 0 Å². The maximum absolute atomic E-state index is 11.7. The first-order chi connectivity index (χ1) is 17.4. The molecule has 0 fully saturated rings. The summed E-state index contributed by atoms with van der Waals surface area (Å²) in [6.07, 6.45) is 4.65. The van der Waals surface area contributed by atoms with Crippen LogP contribution in [0.5, 0.6) is 0 Å². The molecule has 2 aromatic rings. The Morgan fingerprint density at radius 3 is 2.16 bits per heavy atom. The largest absolute Gasteiger partial charge is 1.00 e. The maximum atomic E-state index is 11.7. The van der Waals surface area contributed by atoms with Gasteiger partial charge in [0.15, 0.2) is 0 Å². The second kappa shape index (κ2) is 20.1. The van der Waals surface area contributed by atoms with Crippen molar-refractivity contribution in [2.45, 2.75) is 27.2 Å². The molecule has 0 saturated heterocycles. The number of hydrogen-bond donors (Lipinski definition) is 0. The summed E-state index contributed by atoms with van der Waals surface area (Å²) in [7, 11) is 0. The van der Waals surface area contributed by atoms with Crippen molar-refractivity contribution in [3.05, 3.63) is 94.1 Å². The van der Waals surface area contributed by atoms with E-state index in [1.165, 1.54) is 12.3 Å². The van der Waals surface area contributed by atoms with Crippen LogP contribution >= 0.6 is 15.9 Å². The van der Waals surface area contributed by atoms with Crippen molar-refractivity contribution in [1.82, 2.24) is 0 Å². The van der Waals surface area contributed by atoms with Crippen molar-refractivity contribution in [2.24, 2.45) is 0 Å². The molecular weight excluding hydrogens is 547 g/mol. The molecule has 0 saturated carbocycles. The van der Waals surface area contributed by atoms with Gasteiger partial charge in [0.2, 0.25) is 0 Å². The number of allylic oxidation sites excluding steroid dienone is 3. The average molecular weight is 575 g/mol. The number of halogens is 1. The second-order valence-corrected chi connectivity index (χ2v) is 7.64. The average Bonchev–Trinajstić information content (AvgIpc) is 3.26. The SMILES string of the molecule is CCO/C([O-])=C1/C=C(C#N)c2ccccc21.CCOC=CC(=O)OCC.N#CCc1ccccc1Br.[Na+]. The standard InChI is InChI=1S/C13H11NO2.C8H6BrN.C7H12O3.Na/c1-2-16-13(15)12-7-9(8-14)10-5-3-4-6-11(10)12;9-8-4-2-1-3-7(8)5-6-10;1-3-9-6-5-7(8)10-4-2;/h3-7,15H,2H2,1H3;1-4H,5H2;5-6H,3-4H2,1-2H3;/q;;;+1/p-1/b13-12-;;;. The quantitative estimate of drug-likeness (QED) is 0.215. The molecule has 0 aliphatic heterocycles. The Morgan fingerprint density at radius 2 is 1.59 bits per heavy atom. The Hall–Kier alpha value is -3.01. The normalized spacial score (nSPS) is 12.0. The van der Waals surface area contributed by atoms with Crippen molar-refractivity contribution in [3.63, 3.8) is 0 Å². The van der Waals surface area contributed by atoms with Crippen LogP contribution in [0.3, 0.4) is 0 Å². The molecule has 188 valence electrons. The number of fused-ring (bicyclic) bond motifs is 1. The number of carbonyl (C=O) groups is 1. The molecule has 3 rings (SSSR count). The zero-order chi connectivity index (χ0) is 26.8. The van der Waals surface area contributed by atoms with Crippen molar-refractivity contribution in [3.8, 4) is 12.1 Å². The van der Waals surface area contributed by atoms with Gasteiger partial charge in [0.1, 0.15) is 0 Å². The second-order valence-electron chi connectivity index (χ2n) is 6.79. The van der Waals surface area contributed by atoms with Gasteiger partial charge < -0.3 is 19.3 Å². The van der Waals surface area contributed by atoms with E-state index in [0.29, 0.717) is 37.4 Å². The van der Waals surface area contributed by atoms with Crippen LogP contribution in [-0.2, 0) is 25.4 Å². The van der Waals surface area contributed by atoms with Gasteiger partial charge >= 0.3 is 35.5 Å². The van der Waals surface area contributed by atoms with E-state index in [2.05, 4.69) is 32.8 Å². The molecule has 0 heterocycles. The van der Waals surface area contributed by atoms with Gasteiger partial charge in [0.05, 0.1) is 55.6 Å². The Bertz CT molecular complexity index is 1180. The van der Waals surface area contributed by atoms with Crippen molar-refractivity contribution in [2.75, 3.05) is 19.8 Å². The Kier molecular flexibility index (Phi) is 18.5. The first-order valence-corrected chi connectivity index (χ1v) is 12.0. The minimum Gasteiger partial charge on any atom is -0.613 e. The van der Waals surface area contributed by atoms with Gasteiger partial charge in [-0.25, -0.2) is 4.79 Å². The van der Waals surface area contributed by atoms with E-state index in [1.807, 2.05) is 55.5 Å². The Morgan fingerprint density at radius 1 is 0.973 bits per heavy atom. The van der Waals surface area contributed by atoms with E-state index >= 15 is 0 Å². The first-order valence-electron chi connectivity index (χ1n) is 11.2. The van der Waals surface area contributed by atoms with Gasteiger partial charge in [-0.2, -0.15) is 10.5 Å². The summed E-state index contributed by atoms with van der Waals surface area (Å²) in [4.78, 5) is 10.5. The number of carbonyl (C=O) groups excluding carboxylic acids is 1. The number of hydrogen-bond acceptors (Lipinski definition) is 7. The first kappa shape index (κ1) is 34.0. The zero-order valence-corrected chi connectivity index (χ0v) is 25.1. The molecule has 0 N–H and O–H groups in total. The van der Waals surface area contributed by atoms with Gasteiger partial charge in [0.25, 0.3) is 0 Å². The van der Waals surface area contributed by atoms with Crippen LogP contribution in [0.15, 0.2) is 77.4 Å². The van der Waals surface area contributed by atoms with E-state index in [0.717, 1.165) is 21.2 Å². The third-order valence-corrected chi connectivity index (χ3v) is 5.17. The summed E-state index contributed by atoms with van der Waals surface area (Å²) < 4.78 is 15.3. The minimum absolute atomic E-state index is 0. The molecule has 1 aliphatic carbocycles. The monoisotopic (exact) mass is 574 g/mol. The van der Waals surface area contributed by atoms with Crippen LogP contribution in [0.25, 0.3) is 11.1 Å². The van der Waals surface area contributed by atoms with Crippen molar-refractivity contribution >= 4 is 33.0 Å². The molecule has 0 atom stereocenters. The molecule has 2 aromatic carbocycles. The van der Waals surface area contributed by atoms with Crippen molar-refractivity contribution < 1.29 is 53.7 Å². The summed E-state index contributed by atoms with van der Waals surface area (Å²) in [6, 6.07) is 19.2. The van der Waals surface area contributed by atoms with Crippen LogP contribution in [0.2, 0.25) is 0 Å². The molecule has 0 spiro atoms. The smallest absolute Gasteiger partial charge is 0.613 e. The summed E-state index contributed by atoms with van der Waals surface area (Å²) in [5, 5.41) is 29.0. The van der Waals surface area contributed by atoms with Crippen LogP contribution in [0.1, 0.15) is 37.5 Å². The van der Waals surface area contributed by atoms with Gasteiger partial charge in [-0.1, -0.05) is 65.3 Å². The van der Waals surface area contributed by atoms with E-state index in [4.69, 9.17) is 20.0 Å². The molecule has 7 nitrogen and oxygen atoms in total. The molecule has 0 aromatic heterocycles. The van der Waals surface area contributed by atoms with Crippen LogP contribution in [0, 0.1) is 22.7 Å². The Labute approximate surface area is 249 Å². The summed E-state index contributed by atoms with van der Waals surface area (Å²) >= 11 is 3.35. The van der Waals surface area contributed by atoms with Gasteiger partial charge in [-0.05, 0) is 43.7 Å². The van der Waals surface area contributed by atoms with Gasteiger partial charge in [-0.3, -0.25) is 0 Å². The predicted octanol–water partition coefficient (Wildman–Crippen LogP) is 2.29. The molecular formula is C28H28BrN2NaO5. The third-order valence-electron chi connectivity index (χ3n) is 4.39. The fraction of sp³-hybridized carbons (Fsp3) is 0.250. The summed E-state index contributed by atoms with van der Waals surface area (Å²) in [5.74, 6) is -0.740. The van der Waals surface area contributed by atoms with E-state index < -0.39 is 0 Å². The number of nitrogens with zero attached hydrogens (tertiary/aromatic N) is 2. The van der Waals surface area contributed by atoms with Crippen molar-refractivity contribution in [1.29, 1.82) is 10.5 Å². The van der Waals surface area contributed by atoms with E-state index in [9.17, 15) is 9.90 Å². The molecule has 0 bridgehead atoms. The summed E-state index contributed by atoms with van der Waals surface area (Å²) in [6.45, 7) is 6.65. The maximum Gasteiger partial charge on any atom is 1.00 e.